The van der Waals surface area contributed by atoms with E-state index in [1.54, 1.807) is 6.26 Å². The fraction of sp³-hybridized carbons (Fsp3) is 0.200. The largest absolute Gasteiger partial charge is 0.465 e. The van der Waals surface area contributed by atoms with Crippen LogP contribution in [-0.4, -0.2) is 6.66 Å². The Hall–Kier alpha value is -0.290. The van der Waals surface area contributed by atoms with E-state index in [4.69, 9.17) is 4.42 Å². The molecule has 0 fully saturated rings. The smallest absolute Gasteiger partial charge is 0.122 e. The molecule has 0 bridgehead atoms. The zero-order valence-corrected chi connectivity index (χ0v) is 5.14. The van der Waals surface area contributed by atoms with Crippen molar-refractivity contribution in [3.05, 3.63) is 18.4 Å². The lowest BCUT2D eigenvalue weighted by molar-refractivity contribution is 0.603. The van der Waals surface area contributed by atoms with E-state index in [2.05, 4.69) is 6.66 Å². The average molecular weight is 114 g/mol. The number of furan rings is 1. The van der Waals surface area contributed by atoms with Crippen molar-refractivity contribution in [2.24, 2.45) is 0 Å². The molecule has 1 rings (SSSR count). The van der Waals surface area contributed by atoms with E-state index in [1.165, 1.54) is 0 Å². The highest BCUT2D eigenvalue weighted by molar-refractivity contribution is 7.45. The van der Waals surface area contributed by atoms with E-state index in [-0.39, 0.29) is 0 Å². The first-order valence-corrected chi connectivity index (χ1v) is 3.65. The molecule has 0 saturated heterocycles. The van der Waals surface area contributed by atoms with Gasteiger partial charge in [-0.05, 0) is 18.8 Å². The SMILES string of the molecule is CPc1ccco1. The zero-order chi connectivity index (χ0) is 5.11. The number of hydrogen-bond donors (Lipinski definition) is 0. The first kappa shape index (κ1) is 4.86. The van der Waals surface area contributed by atoms with Gasteiger partial charge < -0.3 is 4.42 Å². The zero-order valence-electron chi connectivity index (χ0n) is 4.14. The van der Waals surface area contributed by atoms with Gasteiger partial charge in [0.15, 0.2) is 0 Å². The molecule has 0 aliphatic rings. The summed E-state index contributed by atoms with van der Waals surface area (Å²) in [6.07, 6.45) is 1.70. The molecule has 0 amide bonds. The first-order chi connectivity index (χ1) is 3.43. The molecule has 1 unspecified atom stereocenters. The third-order valence-corrected chi connectivity index (χ3v) is 1.54. The summed E-state index contributed by atoms with van der Waals surface area (Å²) in [6, 6.07) is 3.89. The van der Waals surface area contributed by atoms with Crippen LogP contribution in [0.15, 0.2) is 22.8 Å². The van der Waals surface area contributed by atoms with Crippen LogP contribution in [0.4, 0.5) is 0 Å². The maximum absolute atomic E-state index is 4.99. The predicted octanol–water partition coefficient (Wildman–Crippen LogP) is 1.21. The molecule has 38 valence electrons. The van der Waals surface area contributed by atoms with Crippen LogP contribution >= 0.6 is 8.58 Å². The lowest BCUT2D eigenvalue weighted by atomic mass is 10.7. The Kier molecular flexibility index (Phi) is 1.48. The molecular weight excluding hydrogens is 107 g/mol. The molecule has 0 N–H and O–H groups in total. The van der Waals surface area contributed by atoms with Gasteiger partial charge in [-0.15, -0.1) is 0 Å². The number of hydrogen-bond acceptors (Lipinski definition) is 1. The molecule has 7 heavy (non-hydrogen) atoms. The van der Waals surface area contributed by atoms with Crippen LogP contribution in [0.25, 0.3) is 0 Å². The van der Waals surface area contributed by atoms with Gasteiger partial charge in [-0.3, -0.25) is 0 Å². The van der Waals surface area contributed by atoms with Gasteiger partial charge in [0.1, 0.15) is 5.50 Å². The molecule has 1 aromatic heterocycles. The normalized spacial score (nSPS) is 11.0. The van der Waals surface area contributed by atoms with Crippen LogP contribution in [0.3, 0.4) is 0 Å². The fourth-order valence-electron chi connectivity index (χ4n) is 0.421. The van der Waals surface area contributed by atoms with E-state index < -0.39 is 0 Å². The predicted molar refractivity (Wildman–Crippen MR) is 32.6 cm³/mol. The van der Waals surface area contributed by atoms with Crippen LogP contribution < -0.4 is 5.50 Å². The Morgan fingerprint density at radius 3 is 2.86 bits per heavy atom. The molecule has 0 saturated carbocycles. The highest BCUT2D eigenvalue weighted by Crippen LogP contribution is 2.01. The van der Waals surface area contributed by atoms with E-state index in [1.807, 2.05) is 12.1 Å². The van der Waals surface area contributed by atoms with Crippen LogP contribution in [0.2, 0.25) is 0 Å². The van der Waals surface area contributed by atoms with Gasteiger partial charge in [-0.2, -0.15) is 0 Å². The molecule has 1 heterocycles. The van der Waals surface area contributed by atoms with Gasteiger partial charge in [0.05, 0.1) is 6.26 Å². The second-order valence-corrected chi connectivity index (χ2v) is 2.22. The maximum atomic E-state index is 4.99. The van der Waals surface area contributed by atoms with Crippen molar-refractivity contribution in [2.45, 2.75) is 0 Å². The van der Waals surface area contributed by atoms with Crippen molar-refractivity contribution >= 4 is 14.1 Å². The van der Waals surface area contributed by atoms with Crippen molar-refractivity contribution in [1.29, 1.82) is 0 Å². The van der Waals surface area contributed by atoms with Gasteiger partial charge in [0.25, 0.3) is 0 Å². The molecule has 2 heteroatoms. The molecule has 0 aliphatic heterocycles. The van der Waals surface area contributed by atoms with Gasteiger partial charge in [-0.1, -0.05) is 8.58 Å². The Morgan fingerprint density at radius 1 is 1.71 bits per heavy atom. The Labute approximate surface area is 44.5 Å². The standard InChI is InChI=1S/C5H7OP/c1-7-5-3-2-4-6-5/h2-4,7H,1H3. The second-order valence-electron chi connectivity index (χ2n) is 1.23. The van der Waals surface area contributed by atoms with Gasteiger partial charge >= 0.3 is 0 Å². The maximum Gasteiger partial charge on any atom is 0.122 e. The minimum atomic E-state index is 0.788. The van der Waals surface area contributed by atoms with E-state index >= 15 is 0 Å². The van der Waals surface area contributed by atoms with E-state index in [9.17, 15) is 0 Å². The summed E-state index contributed by atoms with van der Waals surface area (Å²) in [5.41, 5.74) is 1.08. The monoisotopic (exact) mass is 114 g/mol. The summed E-state index contributed by atoms with van der Waals surface area (Å²) in [5, 5.41) is 0. The lowest BCUT2D eigenvalue weighted by Crippen LogP contribution is -1.81. The first-order valence-electron chi connectivity index (χ1n) is 2.15. The molecule has 0 aromatic carbocycles. The highest BCUT2D eigenvalue weighted by atomic mass is 31.1. The second kappa shape index (κ2) is 2.13. The summed E-state index contributed by atoms with van der Waals surface area (Å²) < 4.78 is 4.99. The van der Waals surface area contributed by atoms with Gasteiger partial charge in [-0.25, -0.2) is 0 Å². The van der Waals surface area contributed by atoms with Crippen molar-refractivity contribution in [2.75, 3.05) is 6.66 Å². The van der Waals surface area contributed by atoms with Crippen molar-refractivity contribution in [1.82, 2.24) is 0 Å². The Morgan fingerprint density at radius 2 is 2.57 bits per heavy atom. The van der Waals surface area contributed by atoms with Crippen molar-refractivity contribution in [3.63, 3.8) is 0 Å². The lowest BCUT2D eigenvalue weighted by Gasteiger charge is -1.79. The molecule has 0 spiro atoms. The van der Waals surface area contributed by atoms with Crippen LogP contribution in [-0.2, 0) is 0 Å². The summed E-state index contributed by atoms with van der Waals surface area (Å²) in [7, 11) is 0.788. The quantitative estimate of drug-likeness (QED) is 0.500. The van der Waals surface area contributed by atoms with Gasteiger partial charge in [0, 0.05) is 0 Å². The fourth-order valence-corrected chi connectivity index (χ4v) is 0.870. The van der Waals surface area contributed by atoms with E-state index in [0.717, 1.165) is 14.1 Å². The minimum absolute atomic E-state index is 0.788. The van der Waals surface area contributed by atoms with Crippen molar-refractivity contribution in [3.8, 4) is 0 Å². The van der Waals surface area contributed by atoms with E-state index in [0.29, 0.717) is 0 Å². The summed E-state index contributed by atoms with van der Waals surface area (Å²) >= 11 is 0. The molecule has 1 aromatic rings. The topological polar surface area (TPSA) is 13.1 Å². The third-order valence-electron chi connectivity index (χ3n) is 0.768. The van der Waals surface area contributed by atoms with Crippen LogP contribution in [0, 0.1) is 0 Å². The Bertz CT molecular complexity index is 123. The van der Waals surface area contributed by atoms with Crippen LogP contribution in [0.5, 0.6) is 0 Å². The number of rotatable bonds is 1. The summed E-state index contributed by atoms with van der Waals surface area (Å²) in [4.78, 5) is 0. The van der Waals surface area contributed by atoms with Crippen molar-refractivity contribution < 1.29 is 4.42 Å². The Balaban J connectivity index is 2.76. The molecule has 0 aliphatic carbocycles. The highest BCUT2D eigenvalue weighted by Gasteiger charge is 1.84. The summed E-state index contributed by atoms with van der Waals surface area (Å²) in [5.74, 6) is 0. The van der Waals surface area contributed by atoms with Crippen LogP contribution in [0.1, 0.15) is 0 Å². The third kappa shape index (κ3) is 1.04. The molecule has 1 nitrogen and oxygen atoms in total. The summed E-state index contributed by atoms with van der Waals surface area (Å²) in [6.45, 7) is 2.10. The molecular formula is C5H7OP. The average Bonchev–Trinajstić information content (AvgIpc) is 2.14. The molecule has 1 atom stereocenters. The molecule has 0 radical (unpaired) electrons. The van der Waals surface area contributed by atoms with Gasteiger partial charge in [0.2, 0.25) is 0 Å². The minimum Gasteiger partial charge on any atom is -0.465 e.